The largest absolute Gasteiger partial charge is 0.352 e. The Bertz CT molecular complexity index is 657. The van der Waals surface area contributed by atoms with Crippen LogP contribution in [0.3, 0.4) is 0 Å². The van der Waals surface area contributed by atoms with Crippen molar-refractivity contribution in [2.75, 3.05) is 6.54 Å². The Morgan fingerprint density at radius 3 is 3.04 bits per heavy atom. The summed E-state index contributed by atoms with van der Waals surface area (Å²) in [5.41, 5.74) is -0.0710. The highest BCUT2D eigenvalue weighted by molar-refractivity contribution is 7.10. The van der Waals surface area contributed by atoms with Crippen molar-refractivity contribution in [1.29, 1.82) is 0 Å². The number of rotatable bonds is 4. The van der Waals surface area contributed by atoms with Crippen molar-refractivity contribution in [2.24, 2.45) is 0 Å². The molecular weight excluding hydrogens is 314 g/mol. The number of amides is 4. The van der Waals surface area contributed by atoms with Gasteiger partial charge in [-0.1, -0.05) is 6.92 Å². The monoisotopic (exact) mass is 335 g/mol. The van der Waals surface area contributed by atoms with E-state index < -0.39 is 11.6 Å². The van der Waals surface area contributed by atoms with Crippen LogP contribution in [0.15, 0.2) is 11.4 Å². The second kappa shape index (κ2) is 5.96. The van der Waals surface area contributed by atoms with Crippen LogP contribution in [0.25, 0.3) is 0 Å². The highest BCUT2D eigenvalue weighted by Crippen LogP contribution is 2.41. The number of hydrogen-bond acceptors (Lipinski definition) is 4. The Labute approximate surface area is 139 Å². The summed E-state index contributed by atoms with van der Waals surface area (Å²) in [7, 11) is 0. The van der Waals surface area contributed by atoms with Gasteiger partial charge in [0.25, 0.3) is 5.91 Å². The van der Waals surface area contributed by atoms with E-state index in [1.54, 1.807) is 11.3 Å². The van der Waals surface area contributed by atoms with Crippen molar-refractivity contribution >= 4 is 29.2 Å². The average molecular weight is 335 g/mol. The summed E-state index contributed by atoms with van der Waals surface area (Å²) in [6, 6.07) is 1.46. The van der Waals surface area contributed by atoms with Crippen LogP contribution in [-0.2, 0) is 21.5 Å². The molecule has 4 amide bonds. The standard InChI is InChI=1S/C16H21N3O3S/c1-3-10(2)17-13(20)9-19-14(21)16(18-15(19)22)7-4-5-12-11(16)6-8-23-12/h6,8,10H,3-5,7,9H2,1-2H3,(H,17,20)(H,18,22)/t10-,16+/m0/s1. The lowest BCUT2D eigenvalue weighted by atomic mass is 9.80. The second-order valence-electron chi connectivity index (χ2n) is 6.21. The van der Waals surface area contributed by atoms with E-state index in [1.807, 2.05) is 25.3 Å². The fraction of sp³-hybridized carbons (Fsp3) is 0.562. The number of urea groups is 1. The molecule has 1 aliphatic heterocycles. The van der Waals surface area contributed by atoms with Crippen molar-refractivity contribution < 1.29 is 14.4 Å². The second-order valence-corrected chi connectivity index (χ2v) is 7.22. The molecule has 2 aliphatic rings. The van der Waals surface area contributed by atoms with Gasteiger partial charge in [0.15, 0.2) is 0 Å². The minimum absolute atomic E-state index is 0.0235. The molecular formula is C16H21N3O3S. The van der Waals surface area contributed by atoms with E-state index >= 15 is 0 Å². The Kier molecular flexibility index (Phi) is 4.14. The van der Waals surface area contributed by atoms with E-state index in [2.05, 4.69) is 10.6 Å². The number of thiophene rings is 1. The number of aryl methyl sites for hydroxylation is 1. The van der Waals surface area contributed by atoms with Gasteiger partial charge in [0, 0.05) is 16.5 Å². The molecule has 0 bridgehead atoms. The van der Waals surface area contributed by atoms with Gasteiger partial charge in [-0.2, -0.15) is 0 Å². The summed E-state index contributed by atoms with van der Waals surface area (Å²) < 4.78 is 0. The van der Waals surface area contributed by atoms with Crippen molar-refractivity contribution in [3.63, 3.8) is 0 Å². The summed E-state index contributed by atoms with van der Waals surface area (Å²) >= 11 is 1.61. The minimum Gasteiger partial charge on any atom is -0.352 e. The molecule has 2 atom stereocenters. The molecule has 0 aromatic carbocycles. The Hall–Kier alpha value is -1.89. The van der Waals surface area contributed by atoms with Gasteiger partial charge in [0.05, 0.1) is 0 Å². The summed E-state index contributed by atoms with van der Waals surface area (Å²) in [5.74, 6) is -0.609. The first-order valence-corrected chi connectivity index (χ1v) is 8.86. The van der Waals surface area contributed by atoms with Gasteiger partial charge >= 0.3 is 6.03 Å². The average Bonchev–Trinajstić information content (AvgIpc) is 3.08. The molecule has 1 aromatic rings. The number of nitrogens with zero attached hydrogens (tertiary/aromatic N) is 1. The Morgan fingerprint density at radius 1 is 1.52 bits per heavy atom. The molecule has 1 aromatic heterocycles. The Balaban J connectivity index is 1.81. The zero-order chi connectivity index (χ0) is 16.6. The number of fused-ring (bicyclic) bond motifs is 2. The summed E-state index contributed by atoms with van der Waals surface area (Å²) in [6.07, 6.45) is 3.18. The first-order chi connectivity index (χ1) is 11.0. The highest BCUT2D eigenvalue weighted by atomic mass is 32.1. The van der Waals surface area contributed by atoms with Crippen LogP contribution >= 0.6 is 11.3 Å². The van der Waals surface area contributed by atoms with Gasteiger partial charge in [0.2, 0.25) is 5.91 Å². The number of carbonyl (C=O) groups is 3. The summed E-state index contributed by atoms with van der Waals surface area (Å²) in [6.45, 7) is 3.63. The molecule has 3 rings (SSSR count). The van der Waals surface area contributed by atoms with Gasteiger partial charge in [0.1, 0.15) is 12.1 Å². The predicted molar refractivity (Wildman–Crippen MR) is 87.1 cm³/mol. The molecule has 23 heavy (non-hydrogen) atoms. The van der Waals surface area contributed by atoms with Crippen molar-refractivity contribution in [1.82, 2.24) is 15.5 Å². The third kappa shape index (κ3) is 2.63. The van der Waals surface area contributed by atoms with E-state index in [9.17, 15) is 14.4 Å². The molecule has 0 saturated carbocycles. The van der Waals surface area contributed by atoms with Gasteiger partial charge < -0.3 is 10.6 Å². The summed E-state index contributed by atoms with van der Waals surface area (Å²) in [5, 5.41) is 7.59. The predicted octanol–water partition coefficient (Wildman–Crippen LogP) is 1.75. The topological polar surface area (TPSA) is 78.5 Å². The molecule has 1 aliphatic carbocycles. The molecule has 0 radical (unpaired) electrons. The number of imide groups is 1. The minimum atomic E-state index is -0.971. The van der Waals surface area contributed by atoms with E-state index in [1.165, 1.54) is 0 Å². The third-order valence-corrected chi connectivity index (χ3v) is 5.64. The molecule has 7 heteroatoms. The van der Waals surface area contributed by atoms with Gasteiger partial charge in [-0.05, 0) is 44.1 Å². The van der Waals surface area contributed by atoms with E-state index in [0.717, 1.165) is 34.6 Å². The van der Waals surface area contributed by atoms with Crippen molar-refractivity contribution in [3.05, 3.63) is 21.9 Å². The van der Waals surface area contributed by atoms with E-state index in [4.69, 9.17) is 0 Å². The smallest absolute Gasteiger partial charge is 0.325 e. The van der Waals surface area contributed by atoms with Crippen LogP contribution in [0.5, 0.6) is 0 Å². The molecule has 1 fully saturated rings. The lowest BCUT2D eigenvalue weighted by Gasteiger charge is -2.31. The summed E-state index contributed by atoms with van der Waals surface area (Å²) in [4.78, 5) is 39.4. The Morgan fingerprint density at radius 2 is 2.30 bits per heavy atom. The highest BCUT2D eigenvalue weighted by Gasteiger charge is 2.54. The number of hydrogen-bond donors (Lipinski definition) is 2. The zero-order valence-corrected chi connectivity index (χ0v) is 14.2. The van der Waals surface area contributed by atoms with Gasteiger partial charge in [-0.15, -0.1) is 11.3 Å². The third-order valence-electron chi connectivity index (χ3n) is 4.66. The number of carbonyl (C=O) groups excluding carboxylic acids is 3. The molecule has 6 nitrogen and oxygen atoms in total. The first kappa shape index (κ1) is 16.0. The van der Waals surface area contributed by atoms with Crippen molar-refractivity contribution in [2.45, 2.75) is 51.1 Å². The van der Waals surface area contributed by atoms with Gasteiger partial charge in [-0.25, -0.2) is 4.79 Å². The molecule has 1 saturated heterocycles. The molecule has 0 unspecified atom stereocenters. The normalized spacial score (nSPS) is 24.5. The fourth-order valence-corrected chi connectivity index (χ4v) is 4.25. The molecule has 2 heterocycles. The maximum absolute atomic E-state index is 12.9. The van der Waals surface area contributed by atoms with Crippen LogP contribution in [0.1, 0.15) is 43.6 Å². The first-order valence-electron chi connectivity index (χ1n) is 7.98. The quantitative estimate of drug-likeness (QED) is 0.823. The fourth-order valence-electron chi connectivity index (χ4n) is 3.25. The molecule has 124 valence electrons. The lowest BCUT2D eigenvalue weighted by Crippen LogP contribution is -2.47. The SMILES string of the molecule is CC[C@H](C)NC(=O)CN1C(=O)N[C@@]2(CCCc3sccc32)C1=O. The number of nitrogens with one attached hydrogen (secondary N) is 2. The van der Waals surface area contributed by atoms with Crippen LogP contribution in [0.4, 0.5) is 4.79 Å². The molecule has 1 spiro atoms. The van der Waals surface area contributed by atoms with E-state index in [0.29, 0.717) is 6.42 Å². The van der Waals surface area contributed by atoms with Crippen LogP contribution < -0.4 is 10.6 Å². The maximum Gasteiger partial charge on any atom is 0.325 e. The maximum atomic E-state index is 12.9. The van der Waals surface area contributed by atoms with Crippen LogP contribution in [0, 0.1) is 0 Å². The van der Waals surface area contributed by atoms with Gasteiger partial charge in [-0.3, -0.25) is 14.5 Å². The van der Waals surface area contributed by atoms with Crippen LogP contribution in [-0.4, -0.2) is 35.3 Å². The van der Waals surface area contributed by atoms with Crippen molar-refractivity contribution in [3.8, 4) is 0 Å². The molecule has 2 N–H and O–H groups in total. The lowest BCUT2D eigenvalue weighted by molar-refractivity contribution is -0.135. The van der Waals surface area contributed by atoms with Crippen LogP contribution in [0.2, 0.25) is 0 Å². The van der Waals surface area contributed by atoms with E-state index in [-0.39, 0.29) is 24.4 Å². The zero-order valence-electron chi connectivity index (χ0n) is 13.3.